The molecule has 2 heterocycles. The average molecular weight is 339 g/mol. The van der Waals surface area contributed by atoms with E-state index in [0.717, 1.165) is 29.2 Å². The van der Waals surface area contributed by atoms with Gasteiger partial charge in [0.25, 0.3) is 0 Å². The third kappa shape index (κ3) is 3.13. The van der Waals surface area contributed by atoms with Gasteiger partial charge in [0.1, 0.15) is 6.04 Å². The summed E-state index contributed by atoms with van der Waals surface area (Å²) in [6.07, 6.45) is 5.11. The molecule has 1 N–H and O–H groups in total. The number of benzene rings is 1. The van der Waals surface area contributed by atoms with Crippen molar-refractivity contribution in [3.63, 3.8) is 0 Å². The van der Waals surface area contributed by atoms with Gasteiger partial charge in [-0.25, -0.2) is 8.42 Å². The van der Waals surface area contributed by atoms with Crippen LogP contribution in [-0.2, 0) is 14.8 Å². The molecule has 1 saturated heterocycles. The maximum Gasteiger partial charge on any atom is 0.242 e. The molecule has 3 rings (SSSR count). The second-order valence-corrected chi connectivity index (χ2v) is 8.22. The van der Waals surface area contributed by atoms with E-state index < -0.39 is 16.1 Å². The number of sulfonamides is 1. The lowest BCUT2D eigenvalue weighted by Gasteiger charge is -2.32. The molecule has 118 valence electrons. The van der Waals surface area contributed by atoms with Gasteiger partial charge in [0.15, 0.2) is 0 Å². The number of amides is 1. The van der Waals surface area contributed by atoms with Gasteiger partial charge >= 0.3 is 0 Å². The number of aromatic nitrogens is 1. The van der Waals surface area contributed by atoms with E-state index in [1.807, 2.05) is 18.2 Å². The molecule has 1 atom stereocenters. The SMILES string of the molecule is CS(=O)(=O)N1CCCCC1C(=O)Nc1ccc2sncc2c1. The molecular formula is C14H17N3O3S2. The molecule has 0 saturated carbocycles. The fourth-order valence-corrected chi connectivity index (χ4v) is 4.49. The second kappa shape index (κ2) is 5.94. The number of rotatable bonds is 3. The van der Waals surface area contributed by atoms with E-state index in [2.05, 4.69) is 9.69 Å². The lowest BCUT2D eigenvalue weighted by Crippen LogP contribution is -2.49. The number of carbonyl (C=O) groups excluding carboxylic acids is 1. The Hall–Kier alpha value is -1.51. The summed E-state index contributed by atoms with van der Waals surface area (Å²) in [6, 6.07) is 4.94. The van der Waals surface area contributed by atoms with Gasteiger partial charge in [0.2, 0.25) is 15.9 Å². The molecule has 2 aromatic rings. The summed E-state index contributed by atoms with van der Waals surface area (Å²) in [5.41, 5.74) is 0.664. The highest BCUT2D eigenvalue weighted by molar-refractivity contribution is 7.88. The van der Waals surface area contributed by atoms with Crippen molar-refractivity contribution in [2.75, 3.05) is 18.1 Å². The fraction of sp³-hybridized carbons (Fsp3) is 0.429. The zero-order valence-electron chi connectivity index (χ0n) is 12.2. The van der Waals surface area contributed by atoms with E-state index in [1.165, 1.54) is 15.8 Å². The molecule has 1 aromatic heterocycles. The molecule has 6 nitrogen and oxygen atoms in total. The molecule has 1 aromatic carbocycles. The Labute approximate surface area is 133 Å². The zero-order valence-corrected chi connectivity index (χ0v) is 13.8. The molecule has 0 bridgehead atoms. The Bertz CT molecular complexity index is 801. The molecule has 22 heavy (non-hydrogen) atoms. The van der Waals surface area contributed by atoms with E-state index >= 15 is 0 Å². The van der Waals surface area contributed by atoms with Crippen LogP contribution in [0.4, 0.5) is 5.69 Å². The normalized spacial score (nSPS) is 20.1. The first-order chi connectivity index (χ1) is 10.4. The number of hydrogen-bond donors (Lipinski definition) is 1. The van der Waals surface area contributed by atoms with Crippen molar-refractivity contribution in [1.82, 2.24) is 8.68 Å². The minimum atomic E-state index is -3.37. The zero-order chi connectivity index (χ0) is 15.7. The molecule has 1 unspecified atom stereocenters. The van der Waals surface area contributed by atoms with Gasteiger partial charge in [-0.05, 0) is 42.6 Å². The van der Waals surface area contributed by atoms with Crippen LogP contribution in [0.5, 0.6) is 0 Å². The molecule has 1 aliphatic heterocycles. The Morgan fingerprint density at radius 3 is 3.00 bits per heavy atom. The molecule has 0 spiro atoms. The largest absolute Gasteiger partial charge is 0.325 e. The number of nitrogens with one attached hydrogen (secondary N) is 1. The topological polar surface area (TPSA) is 79.4 Å². The Balaban J connectivity index is 1.80. The summed E-state index contributed by atoms with van der Waals surface area (Å²) in [5.74, 6) is -0.271. The van der Waals surface area contributed by atoms with Crippen molar-refractivity contribution in [2.45, 2.75) is 25.3 Å². The van der Waals surface area contributed by atoms with Gasteiger partial charge in [-0.15, -0.1) is 0 Å². The fourth-order valence-electron chi connectivity index (χ4n) is 2.74. The van der Waals surface area contributed by atoms with E-state index in [9.17, 15) is 13.2 Å². The molecule has 0 aliphatic carbocycles. The third-order valence-electron chi connectivity index (χ3n) is 3.80. The Morgan fingerprint density at radius 1 is 1.41 bits per heavy atom. The summed E-state index contributed by atoms with van der Waals surface area (Å²) >= 11 is 1.40. The van der Waals surface area contributed by atoms with Crippen molar-refractivity contribution >= 4 is 43.2 Å². The van der Waals surface area contributed by atoms with Gasteiger partial charge < -0.3 is 5.32 Å². The first kappa shape index (κ1) is 15.4. The molecule has 8 heteroatoms. The molecule has 1 amide bonds. The van der Waals surface area contributed by atoms with Gasteiger partial charge in [0, 0.05) is 23.8 Å². The highest BCUT2D eigenvalue weighted by atomic mass is 32.2. The summed E-state index contributed by atoms with van der Waals surface area (Å²) in [5, 5.41) is 3.79. The molecular weight excluding hydrogens is 322 g/mol. The number of piperidine rings is 1. The number of anilines is 1. The average Bonchev–Trinajstić information content (AvgIpc) is 2.94. The minimum absolute atomic E-state index is 0.271. The Kier molecular flexibility index (Phi) is 4.16. The van der Waals surface area contributed by atoms with Crippen molar-refractivity contribution in [3.05, 3.63) is 24.4 Å². The van der Waals surface area contributed by atoms with Crippen LogP contribution in [0.3, 0.4) is 0 Å². The predicted molar refractivity (Wildman–Crippen MR) is 87.4 cm³/mol. The van der Waals surface area contributed by atoms with E-state index in [1.54, 1.807) is 6.20 Å². The van der Waals surface area contributed by atoms with Gasteiger partial charge in [0.05, 0.1) is 11.0 Å². The highest BCUT2D eigenvalue weighted by Crippen LogP contribution is 2.24. The third-order valence-corrected chi connectivity index (χ3v) is 5.87. The van der Waals surface area contributed by atoms with Crippen LogP contribution in [-0.4, -0.2) is 41.8 Å². The summed E-state index contributed by atoms with van der Waals surface area (Å²) < 4.78 is 30.1. The summed E-state index contributed by atoms with van der Waals surface area (Å²) in [6.45, 7) is 0.407. The number of hydrogen-bond acceptors (Lipinski definition) is 5. The van der Waals surface area contributed by atoms with Crippen LogP contribution < -0.4 is 5.32 Å². The first-order valence-electron chi connectivity index (χ1n) is 7.07. The minimum Gasteiger partial charge on any atom is -0.325 e. The number of nitrogens with zero attached hydrogens (tertiary/aromatic N) is 2. The number of carbonyl (C=O) groups is 1. The monoisotopic (exact) mass is 339 g/mol. The predicted octanol–water partition coefficient (Wildman–Crippen LogP) is 2.05. The van der Waals surface area contributed by atoms with Crippen LogP contribution in [0.1, 0.15) is 19.3 Å². The van der Waals surface area contributed by atoms with E-state index in [0.29, 0.717) is 18.7 Å². The second-order valence-electron chi connectivity index (χ2n) is 5.45. The standard InChI is InChI=1S/C14H17N3O3S2/c1-22(19,20)17-7-3-2-4-12(17)14(18)16-11-5-6-13-10(8-11)9-15-21-13/h5-6,8-9,12H,2-4,7H2,1H3,(H,16,18). The van der Waals surface area contributed by atoms with Crippen LogP contribution in [0.2, 0.25) is 0 Å². The van der Waals surface area contributed by atoms with Gasteiger partial charge in [-0.2, -0.15) is 8.68 Å². The van der Waals surface area contributed by atoms with E-state index in [-0.39, 0.29) is 5.91 Å². The van der Waals surface area contributed by atoms with Crippen molar-refractivity contribution in [3.8, 4) is 0 Å². The quantitative estimate of drug-likeness (QED) is 0.928. The lowest BCUT2D eigenvalue weighted by atomic mass is 10.0. The van der Waals surface area contributed by atoms with Crippen molar-refractivity contribution < 1.29 is 13.2 Å². The molecule has 0 radical (unpaired) electrons. The van der Waals surface area contributed by atoms with Gasteiger partial charge in [-0.1, -0.05) is 6.42 Å². The lowest BCUT2D eigenvalue weighted by molar-refractivity contribution is -0.120. The maximum atomic E-state index is 12.5. The smallest absolute Gasteiger partial charge is 0.242 e. The van der Waals surface area contributed by atoms with Gasteiger partial charge in [-0.3, -0.25) is 4.79 Å². The summed E-state index contributed by atoms with van der Waals surface area (Å²) in [7, 11) is -3.37. The van der Waals surface area contributed by atoms with Crippen LogP contribution in [0.25, 0.3) is 10.1 Å². The molecule has 1 fully saturated rings. The van der Waals surface area contributed by atoms with Crippen LogP contribution in [0, 0.1) is 0 Å². The van der Waals surface area contributed by atoms with Crippen molar-refractivity contribution in [2.24, 2.45) is 0 Å². The summed E-state index contributed by atoms with van der Waals surface area (Å²) in [4.78, 5) is 12.5. The van der Waals surface area contributed by atoms with Crippen molar-refractivity contribution in [1.29, 1.82) is 0 Å². The maximum absolute atomic E-state index is 12.5. The highest BCUT2D eigenvalue weighted by Gasteiger charge is 2.34. The van der Waals surface area contributed by atoms with Crippen LogP contribution in [0.15, 0.2) is 24.4 Å². The van der Waals surface area contributed by atoms with Crippen LogP contribution >= 0.6 is 11.5 Å². The molecule has 1 aliphatic rings. The Morgan fingerprint density at radius 2 is 2.23 bits per heavy atom. The van der Waals surface area contributed by atoms with E-state index in [4.69, 9.17) is 0 Å². The first-order valence-corrected chi connectivity index (χ1v) is 9.69. The number of fused-ring (bicyclic) bond motifs is 1.